The Balaban J connectivity index is 2.14. The van der Waals surface area contributed by atoms with Crippen molar-refractivity contribution in [2.24, 2.45) is 7.05 Å². The minimum Gasteiger partial charge on any atom is -0.298 e. The predicted octanol–water partition coefficient (Wildman–Crippen LogP) is 1.17. The number of hydrogen-bond donors (Lipinski definition) is 0. The Bertz CT molecular complexity index is 457. The number of benzene rings is 1. The molecule has 0 aliphatic carbocycles. The van der Waals surface area contributed by atoms with Gasteiger partial charge in [-0.3, -0.25) is 4.79 Å². The van der Waals surface area contributed by atoms with E-state index in [0.29, 0.717) is 0 Å². The molecule has 1 aromatic heterocycles. The summed E-state index contributed by atoms with van der Waals surface area (Å²) in [6.07, 6.45) is 6.90. The van der Waals surface area contributed by atoms with Gasteiger partial charge in [0.1, 0.15) is 25.2 Å². The van der Waals surface area contributed by atoms with Crippen LogP contribution in [0.5, 0.6) is 0 Å². The van der Waals surface area contributed by atoms with Crippen molar-refractivity contribution < 1.29 is 9.36 Å². The lowest BCUT2D eigenvalue weighted by Gasteiger charge is -1.97. The van der Waals surface area contributed by atoms with Crippen LogP contribution in [0.3, 0.4) is 0 Å². The molecule has 0 fully saturated rings. The van der Waals surface area contributed by atoms with Gasteiger partial charge in [0.15, 0.2) is 0 Å². The van der Waals surface area contributed by atoms with Gasteiger partial charge in [0.2, 0.25) is 6.33 Å². The number of rotatable bonds is 3. The number of hydrogen-bond acceptors (Lipinski definition) is 1. The van der Waals surface area contributed by atoms with Gasteiger partial charge in [0.25, 0.3) is 0 Å². The van der Waals surface area contributed by atoms with Crippen molar-refractivity contribution >= 4 is 6.29 Å². The topological polar surface area (TPSA) is 25.9 Å². The maximum atomic E-state index is 10.5. The number of aldehydes is 1. The van der Waals surface area contributed by atoms with Gasteiger partial charge in [-0.15, -0.1) is 0 Å². The fourth-order valence-corrected chi connectivity index (χ4v) is 1.51. The highest BCUT2D eigenvalue weighted by Gasteiger charge is 2.01. The third-order valence-electron chi connectivity index (χ3n) is 2.30. The van der Waals surface area contributed by atoms with Crippen LogP contribution in [0.25, 0.3) is 0 Å². The Morgan fingerprint density at radius 1 is 1.33 bits per heavy atom. The third kappa shape index (κ3) is 2.31. The molecule has 1 aromatic carbocycles. The van der Waals surface area contributed by atoms with Gasteiger partial charge in [0.05, 0.1) is 7.05 Å². The molecule has 0 saturated heterocycles. The second-order valence-electron chi connectivity index (χ2n) is 3.61. The first-order valence-electron chi connectivity index (χ1n) is 4.83. The Morgan fingerprint density at radius 3 is 2.60 bits per heavy atom. The summed E-state index contributed by atoms with van der Waals surface area (Å²) in [6.45, 7) is 0.833. The summed E-state index contributed by atoms with van der Waals surface area (Å²) in [5.74, 6) is 0. The number of aryl methyl sites for hydroxylation is 1. The highest BCUT2D eigenvalue weighted by Crippen LogP contribution is 2.04. The van der Waals surface area contributed by atoms with E-state index in [4.69, 9.17) is 0 Å². The molecule has 2 aromatic rings. The van der Waals surface area contributed by atoms with Gasteiger partial charge in [0, 0.05) is 5.56 Å². The molecule has 15 heavy (non-hydrogen) atoms. The van der Waals surface area contributed by atoms with Crippen LogP contribution in [-0.4, -0.2) is 10.9 Å². The molecule has 0 amide bonds. The van der Waals surface area contributed by atoms with Crippen LogP contribution >= 0.6 is 0 Å². The summed E-state index contributed by atoms with van der Waals surface area (Å²) in [5.41, 5.74) is 1.91. The summed E-state index contributed by atoms with van der Waals surface area (Å²) < 4.78 is 4.09. The Labute approximate surface area is 88.6 Å². The zero-order valence-electron chi connectivity index (χ0n) is 8.63. The monoisotopic (exact) mass is 201 g/mol. The smallest absolute Gasteiger partial charge is 0.243 e. The Kier molecular flexibility index (Phi) is 2.63. The van der Waals surface area contributed by atoms with E-state index in [-0.39, 0.29) is 0 Å². The van der Waals surface area contributed by atoms with Crippen molar-refractivity contribution in [1.82, 2.24) is 4.57 Å². The van der Waals surface area contributed by atoms with Crippen LogP contribution in [0.4, 0.5) is 0 Å². The van der Waals surface area contributed by atoms with Crippen molar-refractivity contribution in [2.45, 2.75) is 6.54 Å². The van der Waals surface area contributed by atoms with Crippen LogP contribution in [0, 0.1) is 0 Å². The molecule has 3 nitrogen and oxygen atoms in total. The van der Waals surface area contributed by atoms with Crippen molar-refractivity contribution in [1.29, 1.82) is 0 Å². The van der Waals surface area contributed by atoms with Crippen molar-refractivity contribution in [3.05, 3.63) is 54.1 Å². The van der Waals surface area contributed by atoms with Crippen molar-refractivity contribution in [2.75, 3.05) is 0 Å². The molecule has 0 saturated carbocycles. The molecule has 0 bridgehead atoms. The summed E-state index contributed by atoms with van der Waals surface area (Å²) in [4.78, 5) is 10.5. The van der Waals surface area contributed by atoms with E-state index in [1.54, 1.807) is 0 Å². The standard InChI is InChI=1S/C12H13N2O/c1-13-6-7-14(10-13)8-11-2-4-12(9-15)5-3-11/h2-7,9-10H,8H2,1H3/q+1. The van der Waals surface area contributed by atoms with Crippen LogP contribution < -0.4 is 4.57 Å². The van der Waals surface area contributed by atoms with Crippen molar-refractivity contribution in [3.8, 4) is 0 Å². The van der Waals surface area contributed by atoms with Crippen molar-refractivity contribution in [3.63, 3.8) is 0 Å². The molecule has 3 heteroatoms. The summed E-state index contributed by atoms with van der Waals surface area (Å²) in [6, 6.07) is 7.63. The van der Waals surface area contributed by atoms with E-state index < -0.39 is 0 Å². The zero-order valence-corrected chi connectivity index (χ0v) is 8.63. The Hall–Kier alpha value is -1.90. The predicted molar refractivity (Wildman–Crippen MR) is 56.5 cm³/mol. The molecular weight excluding hydrogens is 188 g/mol. The van der Waals surface area contributed by atoms with E-state index in [2.05, 4.69) is 4.57 Å². The van der Waals surface area contributed by atoms with Crippen LogP contribution in [0.1, 0.15) is 15.9 Å². The normalized spacial score (nSPS) is 10.2. The molecule has 0 spiro atoms. The molecule has 0 atom stereocenters. The molecule has 0 aliphatic heterocycles. The first-order chi connectivity index (χ1) is 7.28. The molecule has 2 rings (SSSR count). The van der Waals surface area contributed by atoms with Gasteiger partial charge >= 0.3 is 0 Å². The van der Waals surface area contributed by atoms with E-state index in [1.807, 2.05) is 54.6 Å². The van der Waals surface area contributed by atoms with Gasteiger partial charge in [-0.1, -0.05) is 24.3 Å². The lowest BCUT2D eigenvalue weighted by atomic mass is 10.1. The average molecular weight is 201 g/mol. The highest BCUT2D eigenvalue weighted by atomic mass is 16.1. The fraction of sp³-hybridized carbons (Fsp3) is 0.167. The van der Waals surface area contributed by atoms with Crippen LogP contribution in [0.15, 0.2) is 43.0 Å². The zero-order chi connectivity index (χ0) is 10.7. The maximum Gasteiger partial charge on any atom is 0.243 e. The third-order valence-corrected chi connectivity index (χ3v) is 2.30. The SMILES string of the molecule is C[n+]1ccn(Cc2ccc(C=O)cc2)c1. The summed E-state index contributed by atoms with van der Waals surface area (Å²) in [5, 5.41) is 0. The van der Waals surface area contributed by atoms with E-state index in [1.165, 1.54) is 5.56 Å². The highest BCUT2D eigenvalue weighted by molar-refractivity contribution is 5.74. The van der Waals surface area contributed by atoms with Gasteiger partial charge < -0.3 is 0 Å². The van der Waals surface area contributed by atoms with E-state index in [9.17, 15) is 4.79 Å². The van der Waals surface area contributed by atoms with E-state index in [0.717, 1.165) is 18.4 Å². The molecule has 0 unspecified atom stereocenters. The first kappa shape index (κ1) is 9.65. The molecule has 1 heterocycles. The number of carbonyl (C=O) groups is 1. The quantitative estimate of drug-likeness (QED) is 0.541. The van der Waals surface area contributed by atoms with Crippen LogP contribution in [0.2, 0.25) is 0 Å². The van der Waals surface area contributed by atoms with Gasteiger partial charge in [-0.25, -0.2) is 9.13 Å². The van der Waals surface area contributed by atoms with Gasteiger partial charge in [-0.2, -0.15) is 0 Å². The number of carbonyl (C=O) groups excluding carboxylic acids is 1. The maximum absolute atomic E-state index is 10.5. The lowest BCUT2D eigenvalue weighted by Crippen LogP contribution is -2.23. The molecule has 0 aliphatic rings. The fourth-order valence-electron chi connectivity index (χ4n) is 1.51. The van der Waals surface area contributed by atoms with E-state index >= 15 is 0 Å². The van der Waals surface area contributed by atoms with Crippen LogP contribution in [-0.2, 0) is 13.6 Å². The average Bonchev–Trinajstić information content (AvgIpc) is 2.65. The molecule has 76 valence electrons. The molecule has 0 N–H and O–H groups in total. The number of imidazole rings is 1. The molecule has 0 radical (unpaired) electrons. The first-order valence-corrected chi connectivity index (χ1v) is 4.83. The van der Waals surface area contributed by atoms with Gasteiger partial charge in [-0.05, 0) is 5.56 Å². The largest absolute Gasteiger partial charge is 0.298 e. The second-order valence-corrected chi connectivity index (χ2v) is 3.61. The summed E-state index contributed by atoms with van der Waals surface area (Å²) >= 11 is 0. The molecular formula is C12H13N2O+. The minimum atomic E-state index is 0.719. The second kappa shape index (κ2) is 4.09. The number of aromatic nitrogens is 2. The lowest BCUT2D eigenvalue weighted by molar-refractivity contribution is -0.671. The Morgan fingerprint density at radius 2 is 2.07 bits per heavy atom. The minimum absolute atomic E-state index is 0.719. The number of nitrogens with zero attached hydrogens (tertiary/aromatic N) is 2. The summed E-state index contributed by atoms with van der Waals surface area (Å²) in [7, 11) is 1.99.